The smallest absolute Gasteiger partial charge is 0.337 e. The van der Waals surface area contributed by atoms with E-state index in [2.05, 4.69) is 10.6 Å². The van der Waals surface area contributed by atoms with Crippen molar-refractivity contribution in [3.63, 3.8) is 0 Å². The Hall–Kier alpha value is -2.28. The molecule has 1 aromatic carbocycles. The van der Waals surface area contributed by atoms with E-state index in [0.29, 0.717) is 34.4 Å². The highest BCUT2D eigenvalue weighted by Gasteiger charge is 2.20. The van der Waals surface area contributed by atoms with Crippen molar-refractivity contribution in [1.82, 2.24) is 10.6 Å². The van der Waals surface area contributed by atoms with E-state index < -0.39 is 5.97 Å². The second-order valence-corrected chi connectivity index (χ2v) is 5.07. The molecule has 0 bridgehead atoms. The van der Waals surface area contributed by atoms with Gasteiger partial charge in [0.1, 0.15) is 18.1 Å². The van der Waals surface area contributed by atoms with E-state index in [1.807, 2.05) is 0 Å². The van der Waals surface area contributed by atoms with Gasteiger partial charge in [-0.05, 0) is 37.3 Å². The molecule has 0 saturated carbocycles. The van der Waals surface area contributed by atoms with Crippen molar-refractivity contribution in [2.45, 2.75) is 13.5 Å². The maximum Gasteiger partial charge on any atom is 0.337 e. The number of esters is 1. The molecule has 0 aromatic heterocycles. The molecule has 1 aliphatic rings. The molecule has 2 N–H and O–H groups in total. The summed E-state index contributed by atoms with van der Waals surface area (Å²) in [6, 6.07) is 5.33. The molecule has 1 aliphatic heterocycles. The van der Waals surface area contributed by atoms with Crippen molar-refractivity contribution in [2.75, 3.05) is 20.8 Å². The van der Waals surface area contributed by atoms with Gasteiger partial charge in [-0.3, -0.25) is 0 Å². The predicted octanol–water partition coefficient (Wildman–Crippen LogP) is 1.50. The van der Waals surface area contributed by atoms with Crippen LogP contribution in [0.25, 0.3) is 0 Å². The van der Waals surface area contributed by atoms with E-state index in [-0.39, 0.29) is 6.61 Å². The number of carbonyl (C=O) groups excluding carboxylic acids is 1. The van der Waals surface area contributed by atoms with Gasteiger partial charge in [-0.25, -0.2) is 4.79 Å². The van der Waals surface area contributed by atoms with Gasteiger partial charge in [0.15, 0.2) is 5.11 Å². The van der Waals surface area contributed by atoms with E-state index in [1.165, 1.54) is 0 Å². The van der Waals surface area contributed by atoms with Gasteiger partial charge in [-0.1, -0.05) is 0 Å². The minimum Gasteiger partial charge on any atom is -0.497 e. The monoisotopic (exact) mass is 322 g/mol. The Morgan fingerprint density at radius 1 is 1.32 bits per heavy atom. The molecule has 0 aliphatic carbocycles. The number of carbonyl (C=O) groups is 1. The molecule has 0 fully saturated rings. The molecule has 1 heterocycles. The Balaban J connectivity index is 2.08. The molecule has 1 aromatic rings. The number of benzene rings is 1. The van der Waals surface area contributed by atoms with Gasteiger partial charge in [0.05, 0.1) is 26.3 Å². The fourth-order valence-electron chi connectivity index (χ4n) is 2.04. The number of rotatable bonds is 5. The van der Waals surface area contributed by atoms with Crippen molar-refractivity contribution in [2.24, 2.45) is 0 Å². The number of thiocarbonyl (C=S) groups is 1. The van der Waals surface area contributed by atoms with Crippen molar-refractivity contribution < 1.29 is 19.0 Å². The zero-order chi connectivity index (χ0) is 16.1. The molecule has 0 amide bonds. The number of hydrogen-bond acceptors (Lipinski definition) is 5. The highest BCUT2D eigenvalue weighted by molar-refractivity contribution is 7.80. The van der Waals surface area contributed by atoms with Gasteiger partial charge in [0, 0.05) is 11.3 Å². The first-order valence-electron chi connectivity index (χ1n) is 6.67. The first-order valence-corrected chi connectivity index (χ1v) is 7.08. The van der Waals surface area contributed by atoms with E-state index in [0.717, 1.165) is 5.56 Å². The Bertz CT molecular complexity index is 628. The minimum absolute atomic E-state index is 0.0977. The van der Waals surface area contributed by atoms with Gasteiger partial charge in [0.25, 0.3) is 0 Å². The molecule has 0 radical (unpaired) electrons. The Kier molecular flexibility index (Phi) is 5.21. The van der Waals surface area contributed by atoms with E-state index in [4.69, 9.17) is 26.4 Å². The molecule has 6 nitrogen and oxygen atoms in total. The summed E-state index contributed by atoms with van der Waals surface area (Å²) < 4.78 is 15.8. The summed E-state index contributed by atoms with van der Waals surface area (Å²) in [6.07, 6.45) is 0. The molecule has 0 saturated heterocycles. The van der Waals surface area contributed by atoms with Crippen LogP contribution < -0.4 is 20.1 Å². The van der Waals surface area contributed by atoms with Crippen LogP contribution in [0.5, 0.6) is 11.5 Å². The first-order chi connectivity index (χ1) is 10.5. The third kappa shape index (κ3) is 3.67. The summed E-state index contributed by atoms with van der Waals surface area (Å²) in [7, 11) is 3.14. The van der Waals surface area contributed by atoms with E-state index in [1.54, 1.807) is 39.3 Å². The standard InChI is InChI=1S/C15H18N2O4S/c1-9-12(7-16-15(22)17-9)14(18)21-8-10-6-11(19-2)4-5-13(10)20-3/h4-6H,7-8H2,1-3H3,(H2,16,17,22). The van der Waals surface area contributed by atoms with Crippen LogP contribution in [0.15, 0.2) is 29.5 Å². The Morgan fingerprint density at radius 2 is 2.09 bits per heavy atom. The Morgan fingerprint density at radius 3 is 2.73 bits per heavy atom. The lowest BCUT2D eigenvalue weighted by molar-refractivity contribution is -0.140. The van der Waals surface area contributed by atoms with Gasteiger partial charge < -0.3 is 24.8 Å². The maximum atomic E-state index is 12.2. The third-order valence-corrected chi connectivity index (χ3v) is 3.52. The predicted molar refractivity (Wildman–Crippen MR) is 85.8 cm³/mol. The molecular formula is C15H18N2O4S. The number of ether oxygens (including phenoxy) is 3. The average molecular weight is 322 g/mol. The van der Waals surface area contributed by atoms with Gasteiger partial charge in [-0.2, -0.15) is 0 Å². The highest BCUT2D eigenvalue weighted by atomic mass is 32.1. The molecule has 0 spiro atoms. The molecule has 7 heteroatoms. The quantitative estimate of drug-likeness (QED) is 0.629. The SMILES string of the molecule is COc1ccc(OC)c(COC(=O)C2=C(C)NC(=S)NC2)c1. The van der Waals surface area contributed by atoms with Crippen LogP contribution in [-0.4, -0.2) is 31.8 Å². The summed E-state index contributed by atoms with van der Waals surface area (Å²) in [6.45, 7) is 2.24. The number of allylic oxidation sites excluding steroid dienone is 1. The summed E-state index contributed by atoms with van der Waals surface area (Å²) in [4.78, 5) is 12.2. The zero-order valence-corrected chi connectivity index (χ0v) is 13.5. The summed E-state index contributed by atoms with van der Waals surface area (Å²) in [5, 5.41) is 6.31. The lowest BCUT2D eigenvalue weighted by Crippen LogP contribution is -2.42. The minimum atomic E-state index is -0.398. The molecule has 2 rings (SSSR count). The number of hydrogen-bond donors (Lipinski definition) is 2. The second kappa shape index (κ2) is 7.13. The van der Waals surface area contributed by atoms with Gasteiger partial charge in [-0.15, -0.1) is 0 Å². The first kappa shape index (κ1) is 16.1. The fourth-order valence-corrected chi connectivity index (χ4v) is 2.27. The summed E-state index contributed by atoms with van der Waals surface area (Å²) in [5.74, 6) is 0.916. The van der Waals surface area contributed by atoms with E-state index >= 15 is 0 Å². The largest absolute Gasteiger partial charge is 0.497 e. The van der Waals surface area contributed by atoms with Crippen LogP contribution >= 0.6 is 12.2 Å². The van der Waals surface area contributed by atoms with E-state index in [9.17, 15) is 4.79 Å². The van der Waals surface area contributed by atoms with Crippen molar-refractivity contribution in [3.8, 4) is 11.5 Å². The third-order valence-electron chi connectivity index (χ3n) is 3.27. The van der Waals surface area contributed by atoms with Crippen LogP contribution in [-0.2, 0) is 16.1 Å². The van der Waals surface area contributed by atoms with Crippen LogP contribution in [0.4, 0.5) is 0 Å². The second-order valence-electron chi connectivity index (χ2n) is 4.67. The topological polar surface area (TPSA) is 68.8 Å². The fraction of sp³-hybridized carbons (Fsp3) is 0.333. The van der Waals surface area contributed by atoms with Crippen molar-refractivity contribution >= 4 is 23.3 Å². The molecule has 0 unspecified atom stereocenters. The van der Waals surface area contributed by atoms with Crippen molar-refractivity contribution in [3.05, 3.63) is 35.0 Å². The number of methoxy groups -OCH3 is 2. The van der Waals surface area contributed by atoms with Gasteiger partial charge >= 0.3 is 5.97 Å². The normalized spacial score (nSPS) is 14.0. The summed E-state index contributed by atoms with van der Waals surface area (Å²) in [5.41, 5.74) is 1.96. The van der Waals surface area contributed by atoms with Gasteiger partial charge in [0.2, 0.25) is 0 Å². The average Bonchev–Trinajstić information content (AvgIpc) is 2.52. The lowest BCUT2D eigenvalue weighted by atomic mass is 10.1. The van der Waals surface area contributed by atoms with Crippen LogP contribution in [0.3, 0.4) is 0 Å². The molecule has 118 valence electrons. The van der Waals surface area contributed by atoms with Crippen molar-refractivity contribution in [1.29, 1.82) is 0 Å². The molecule has 0 atom stereocenters. The van der Waals surface area contributed by atoms with Crippen LogP contribution in [0.2, 0.25) is 0 Å². The van der Waals surface area contributed by atoms with Crippen LogP contribution in [0.1, 0.15) is 12.5 Å². The zero-order valence-electron chi connectivity index (χ0n) is 12.7. The summed E-state index contributed by atoms with van der Waals surface area (Å²) >= 11 is 4.98. The lowest BCUT2D eigenvalue weighted by Gasteiger charge is -2.21. The molecular weight excluding hydrogens is 304 g/mol. The maximum absolute atomic E-state index is 12.2. The Labute approximate surface area is 134 Å². The van der Waals surface area contributed by atoms with Crippen LogP contribution in [0, 0.1) is 0 Å². The highest BCUT2D eigenvalue weighted by Crippen LogP contribution is 2.25. The molecule has 22 heavy (non-hydrogen) atoms. The number of nitrogens with one attached hydrogen (secondary N) is 2.